The molecule has 1 fully saturated rings. The Morgan fingerprint density at radius 3 is 1.62 bits per heavy atom. The smallest absolute Gasteiger partial charge is 0.312 e. The van der Waals surface area contributed by atoms with Gasteiger partial charge in [0.1, 0.15) is 18.7 Å². The third-order valence-electron chi connectivity index (χ3n) is 10.2. The van der Waals surface area contributed by atoms with E-state index in [1.54, 1.807) is 45.0 Å². The molecule has 1 aliphatic rings. The molecular formula is C47H77N7O17. The van der Waals surface area contributed by atoms with Gasteiger partial charge in [0.2, 0.25) is 35.4 Å². The van der Waals surface area contributed by atoms with Crippen molar-refractivity contribution in [1.82, 2.24) is 26.2 Å². The molecule has 1 aromatic carbocycles. The Hall–Kier alpha value is -5.34. The molecular weight excluding hydrogens is 935 g/mol. The molecule has 1 aromatic rings. The van der Waals surface area contributed by atoms with Crippen molar-refractivity contribution in [2.45, 2.75) is 78.5 Å². The molecule has 8 amide bonds. The lowest BCUT2D eigenvalue weighted by atomic mass is 10.0. The van der Waals surface area contributed by atoms with Crippen LogP contribution in [-0.2, 0) is 82.8 Å². The molecule has 0 radical (unpaired) electrons. The molecule has 0 saturated carbocycles. The van der Waals surface area contributed by atoms with E-state index in [0.29, 0.717) is 111 Å². The first-order valence-corrected chi connectivity index (χ1v) is 24.1. The van der Waals surface area contributed by atoms with E-state index in [1.807, 2.05) is 0 Å². The molecule has 0 aromatic heterocycles. The number of carbonyl (C=O) groups excluding carboxylic acids is 8. The maximum absolute atomic E-state index is 13.4. The van der Waals surface area contributed by atoms with E-state index in [2.05, 4.69) is 26.6 Å². The number of nitrogens with zero attached hydrogens (tertiary/aromatic N) is 1. The summed E-state index contributed by atoms with van der Waals surface area (Å²) >= 11 is 0. The molecule has 1 saturated heterocycles. The Morgan fingerprint density at radius 2 is 1.15 bits per heavy atom. The molecule has 0 bridgehead atoms. The van der Waals surface area contributed by atoms with Crippen molar-refractivity contribution < 1.29 is 81.0 Å². The number of imide groups is 1. The molecule has 0 spiro atoms. The van der Waals surface area contributed by atoms with Crippen LogP contribution in [0.4, 0.5) is 10.5 Å². The van der Waals surface area contributed by atoms with Gasteiger partial charge in [0, 0.05) is 57.4 Å². The number of likely N-dealkylation sites (tertiary alicyclic amines) is 1. The first kappa shape index (κ1) is 61.8. The molecule has 1 heterocycles. The van der Waals surface area contributed by atoms with Crippen molar-refractivity contribution >= 4 is 53.1 Å². The number of primary amides is 1. The number of carbonyl (C=O) groups is 8. The molecule has 24 heteroatoms. The standard InChI is InChI=1S/C47H77N7O17/c1-34(2)43(45(60)52-39(6-5-13-50-47(48)62)44(59)51-38-9-7-37(8-10-38)33-71-36(4)55)53-41(57)12-16-63-18-20-65-22-24-67-26-28-69-30-31-70-29-27-68-25-23-66-21-19-64-17-14-49-40(56)11-15-54-42(58)32-35(3)46(54)61/h7-10,34-35,39,43H,5-6,11-33H2,1-4H3,(H,49,56)(H,51,59)(H,52,60)(H,53,57)(H3,48,50,62)/t35?,39-,43-/m0/s1. The molecule has 0 aliphatic carbocycles. The van der Waals surface area contributed by atoms with Crippen LogP contribution in [0.2, 0.25) is 0 Å². The van der Waals surface area contributed by atoms with Crippen LogP contribution in [0.5, 0.6) is 0 Å². The number of nitrogens with one attached hydrogen (secondary N) is 5. The monoisotopic (exact) mass is 1010 g/mol. The second-order valence-corrected chi connectivity index (χ2v) is 16.5. The van der Waals surface area contributed by atoms with Gasteiger partial charge in [0.25, 0.3) is 0 Å². The van der Waals surface area contributed by atoms with Crippen molar-refractivity contribution in [1.29, 1.82) is 0 Å². The van der Waals surface area contributed by atoms with Gasteiger partial charge in [0.05, 0.1) is 106 Å². The van der Waals surface area contributed by atoms with E-state index in [0.717, 1.165) is 10.5 Å². The van der Waals surface area contributed by atoms with E-state index >= 15 is 0 Å². The normalized spacial score (nSPS) is 14.3. The summed E-state index contributed by atoms with van der Waals surface area (Å²) in [5, 5.41) is 13.4. The van der Waals surface area contributed by atoms with Crippen molar-refractivity contribution in [3.05, 3.63) is 29.8 Å². The van der Waals surface area contributed by atoms with Crippen molar-refractivity contribution in [2.75, 3.05) is 131 Å². The van der Waals surface area contributed by atoms with Crippen molar-refractivity contribution in [2.24, 2.45) is 17.6 Å². The highest BCUT2D eigenvalue weighted by atomic mass is 16.6. The van der Waals surface area contributed by atoms with Crippen molar-refractivity contribution in [3.63, 3.8) is 0 Å². The summed E-state index contributed by atoms with van der Waals surface area (Å²) in [4.78, 5) is 98.5. The number of hydrogen-bond acceptors (Lipinski definition) is 17. The highest BCUT2D eigenvalue weighted by Crippen LogP contribution is 2.19. The zero-order valence-corrected chi connectivity index (χ0v) is 41.8. The van der Waals surface area contributed by atoms with E-state index < -0.39 is 41.8 Å². The second kappa shape index (κ2) is 38.4. The minimum atomic E-state index is -1.00. The minimum Gasteiger partial charge on any atom is -0.461 e. The summed E-state index contributed by atoms with van der Waals surface area (Å²) in [7, 11) is 0. The number of esters is 1. The fourth-order valence-electron chi connectivity index (χ4n) is 6.38. The van der Waals surface area contributed by atoms with Gasteiger partial charge in [-0.25, -0.2) is 4.79 Å². The zero-order chi connectivity index (χ0) is 52.1. The lowest BCUT2D eigenvalue weighted by molar-refractivity contribution is -0.142. The molecule has 71 heavy (non-hydrogen) atoms. The molecule has 2 rings (SSSR count). The van der Waals surface area contributed by atoms with Crippen molar-refractivity contribution in [3.8, 4) is 0 Å². The fraction of sp³-hybridized carbons (Fsp3) is 0.702. The van der Waals surface area contributed by atoms with Crippen LogP contribution in [-0.4, -0.2) is 190 Å². The molecule has 1 aliphatic heterocycles. The van der Waals surface area contributed by atoms with E-state index in [9.17, 15) is 38.4 Å². The van der Waals surface area contributed by atoms with Crippen LogP contribution >= 0.6 is 0 Å². The van der Waals surface area contributed by atoms with Gasteiger partial charge in [-0.15, -0.1) is 0 Å². The molecule has 1 unspecified atom stereocenters. The topological polar surface area (TPSA) is 309 Å². The maximum atomic E-state index is 13.4. The van der Waals surface area contributed by atoms with E-state index in [4.69, 9.17) is 48.4 Å². The number of rotatable bonds is 42. The number of amides is 8. The van der Waals surface area contributed by atoms with Gasteiger partial charge in [-0.1, -0.05) is 32.9 Å². The predicted octanol–water partition coefficient (Wildman–Crippen LogP) is 0.187. The van der Waals surface area contributed by atoms with Crippen LogP contribution < -0.4 is 32.3 Å². The molecule has 3 atom stereocenters. The highest BCUT2D eigenvalue weighted by Gasteiger charge is 2.35. The Morgan fingerprint density at radius 1 is 0.648 bits per heavy atom. The van der Waals surface area contributed by atoms with Gasteiger partial charge in [-0.05, 0) is 36.5 Å². The number of nitrogens with two attached hydrogens (primary N) is 1. The maximum Gasteiger partial charge on any atom is 0.312 e. The quantitative estimate of drug-likeness (QED) is 0.0289. The summed E-state index contributed by atoms with van der Waals surface area (Å²) in [5.41, 5.74) is 6.33. The Balaban J connectivity index is 1.42. The number of anilines is 1. The SMILES string of the molecule is CC(=O)OCc1ccc(NC(=O)[C@H](CCCNC(N)=O)NC(=O)[C@@H](NC(=O)CCOCCOCCOCCOCCOCCOCCOCCOCCNC(=O)CCN2C(=O)CC(C)C2=O)C(C)C)cc1. The van der Waals surface area contributed by atoms with Crippen LogP contribution in [0.1, 0.15) is 65.4 Å². The van der Waals surface area contributed by atoms with E-state index in [-0.39, 0.29) is 88.2 Å². The van der Waals surface area contributed by atoms with Gasteiger partial charge in [0.15, 0.2) is 0 Å². The zero-order valence-electron chi connectivity index (χ0n) is 41.8. The minimum absolute atomic E-state index is 0.00495. The fourth-order valence-corrected chi connectivity index (χ4v) is 6.38. The Bertz CT molecular complexity index is 1740. The summed E-state index contributed by atoms with van der Waals surface area (Å²) in [6, 6.07) is 4.00. The van der Waals surface area contributed by atoms with Crippen LogP contribution in [0.25, 0.3) is 0 Å². The predicted molar refractivity (Wildman–Crippen MR) is 255 cm³/mol. The lowest BCUT2D eigenvalue weighted by Gasteiger charge is -2.25. The molecule has 24 nitrogen and oxygen atoms in total. The van der Waals surface area contributed by atoms with Crippen LogP contribution in [0.3, 0.4) is 0 Å². The average Bonchev–Trinajstić information content (AvgIpc) is 3.58. The Labute approximate surface area is 416 Å². The first-order valence-electron chi connectivity index (χ1n) is 24.1. The summed E-state index contributed by atoms with van der Waals surface area (Å²) in [6.45, 7) is 12.9. The third kappa shape index (κ3) is 30.2. The Kier molecular flexibility index (Phi) is 33.4. The van der Waals surface area contributed by atoms with Crippen LogP contribution in [0.15, 0.2) is 24.3 Å². The van der Waals surface area contributed by atoms with Gasteiger partial charge < -0.3 is 74.9 Å². The average molecular weight is 1010 g/mol. The summed E-state index contributed by atoms with van der Waals surface area (Å²) in [5.74, 6) is -3.22. The number of benzene rings is 1. The largest absolute Gasteiger partial charge is 0.461 e. The molecule has 402 valence electrons. The second-order valence-electron chi connectivity index (χ2n) is 16.5. The molecule has 7 N–H and O–H groups in total. The van der Waals surface area contributed by atoms with Gasteiger partial charge in [-0.2, -0.15) is 0 Å². The van der Waals surface area contributed by atoms with Gasteiger partial charge >= 0.3 is 12.0 Å². The number of ether oxygens (including phenoxy) is 9. The van der Waals surface area contributed by atoms with Gasteiger partial charge in [-0.3, -0.25) is 38.5 Å². The lowest BCUT2D eigenvalue weighted by Crippen LogP contribution is -2.54. The van der Waals surface area contributed by atoms with E-state index in [1.165, 1.54) is 6.92 Å². The number of urea groups is 1. The first-order chi connectivity index (χ1) is 34.2. The third-order valence-corrected chi connectivity index (χ3v) is 10.2. The number of hydrogen-bond donors (Lipinski definition) is 6. The highest BCUT2D eigenvalue weighted by molar-refractivity contribution is 6.03. The summed E-state index contributed by atoms with van der Waals surface area (Å²) < 4.78 is 48.9. The van der Waals surface area contributed by atoms with Crippen LogP contribution in [0, 0.1) is 11.8 Å². The summed E-state index contributed by atoms with van der Waals surface area (Å²) in [6.07, 6.45) is 0.751.